The minimum absolute atomic E-state index is 0.0405. The molecule has 0 saturated carbocycles. The van der Waals surface area contributed by atoms with Gasteiger partial charge in [0.2, 0.25) is 0 Å². The lowest BCUT2D eigenvalue weighted by Crippen LogP contribution is -2.31. The maximum absolute atomic E-state index is 12.9. The Morgan fingerprint density at radius 3 is 2.59 bits per heavy atom. The topological polar surface area (TPSA) is 46.9 Å². The number of thioether (sulfide) groups is 1. The maximum Gasteiger partial charge on any atom is 0.251 e. The molecule has 2 aromatic carbocycles. The van der Waals surface area contributed by atoms with Gasteiger partial charge in [-0.3, -0.25) is 4.79 Å². The summed E-state index contributed by atoms with van der Waals surface area (Å²) in [5.41, 5.74) is 2.84. The van der Waals surface area contributed by atoms with Crippen LogP contribution in [0, 0.1) is 0 Å². The van der Waals surface area contributed by atoms with Crippen molar-refractivity contribution in [3.8, 4) is 0 Å². The quantitative estimate of drug-likeness (QED) is 0.405. The average Bonchev–Trinajstić information content (AvgIpc) is 3.13. The highest BCUT2D eigenvalue weighted by molar-refractivity contribution is 7.98. The molecule has 1 N–H and O–H groups in total. The molecule has 0 saturated heterocycles. The zero-order valence-electron chi connectivity index (χ0n) is 17.4. The second kappa shape index (κ2) is 11.1. The molecule has 3 aromatic rings. The fourth-order valence-electron chi connectivity index (χ4n) is 3.62. The van der Waals surface area contributed by atoms with Crippen molar-refractivity contribution in [2.24, 2.45) is 0 Å². The zero-order valence-corrected chi connectivity index (χ0v) is 18.3. The summed E-state index contributed by atoms with van der Waals surface area (Å²) in [6.07, 6.45) is 7.78. The molecule has 0 aliphatic heterocycles. The number of imidazole rings is 1. The molecule has 0 radical (unpaired) electrons. The number of para-hydroxylation sites is 2. The summed E-state index contributed by atoms with van der Waals surface area (Å²) in [5.74, 6) is 1.90. The van der Waals surface area contributed by atoms with Crippen LogP contribution >= 0.6 is 11.8 Å². The highest BCUT2D eigenvalue weighted by Crippen LogP contribution is 2.25. The molecular weight excluding hydrogens is 378 g/mol. The molecule has 1 atom stereocenters. The second-order valence-corrected chi connectivity index (χ2v) is 8.33. The molecule has 1 heterocycles. The number of carbonyl (C=O) groups is 1. The van der Waals surface area contributed by atoms with E-state index < -0.39 is 0 Å². The number of aryl methyl sites for hydroxylation is 1. The first-order valence-corrected chi connectivity index (χ1v) is 11.9. The summed E-state index contributed by atoms with van der Waals surface area (Å²) in [4.78, 5) is 17.8. The third-order valence-electron chi connectivity index (χ3n) is 5.18. The molecule has 0 bridgehead atoms. The van der Waals surface area contributed by atoms with Gasteiger partial charge in [0.1, 0.15) is 5.82 Å². The molecule has 3 rings (SSSR count). The molecule has 29 heavy (non-hydrogen) atoms. The Morgan fingerprint density at radius 2 is 1.83 bits per heavy atom. The summed E-state index contributed by atoms with van der Waals surface area (Å²) in [5, 5.41) is 3.25. The van der Waals surface area contributed by atoms with E-state index in [-0.39, 0.29) is 11.9 Å². The number of fused-ring (bicyclic) bond motifs is 1. The van der Waals surface area contributed by atoms with E-state index >= 15 is 0 Å². The Labute approximate surface area is 178 Å². The van der Waals surface area contributed by atoms with Crippen LogP contribution in [0.3, 0.4) is 0 Å². The van der Waals surface area contributed by atoms with Crippen molar-refractivity contribution in [1.82, 2.24) is 14.9 Å². The highest BCUT2D eigenvalue weighted by Gasteiger charge is 2.22. The lowest BCUT2D eigenvalue weighted by atomic mass is 10.1. The monoisotopic (exact) mass is 409 g/mol. The van der Waals surface area contributed by atoms with Crippen molar-refractivity contribution in [2.75, 3.05) is 12.0 Å². The van der Waals surface area contributed by atoms with Crippen LogP contribution < -0.4 is 5.32 Å². The van der Waals surface area contributed by atoms with E-state index in [0.29, 0.717) is 5.56 Å². The Morgan fingerprint density at radius 1 is 1.07 bits per heavy atom. The van der Waals surface area contributed by atoms with Gasteiger partial charge in [-0.15, -0.1) is 0 Å². The van der Waals surface area contributed by atoms with Crippen LogP contribution in [0.2, 0.25) is 0 Å². The van der Waals surface area contributed by atoms with Crippen LogP contribution in [-0.2, 0) is 6.54 Å². The first-order valence-electron chi connectivity index (χ1n) is 10.5. The van der Waals surface area contributed by atoms with E-state index in [4.69, 9.17) is 4.98 Å². The number of hydrogen-bond acceptors (Lipinski definition) is 3. The molecule has 154 valence electrons. The van der Waals surface area contributed by atoms with E-state index in [1.54, 1.807) is 11.8 Å². The van der Waals surface area contributed by atoms with Gasteiger partial charge in [-0.25, -0.2) is 4.98 Å². The lowest BCUT2D eigenvalue weighted by molar-refractivity contribution is 0.0933. The standard InChI is InChI=1S/C24H31N3OS/c1-3-4-5-11-17-27-22-15-10-9-14-20(22)25-23(27)21(16-18-29-2)26-24(28)19-12-7-6-8-13-19/h6-10,12-15,21H,3-5,11,16-18H2,1-2H3,(H,26,28)/t21-/m1/s1. The summed E-state index contributed by atoms with van der Waals surface area (Å²) in [6.45, 7) is 3.17. The van der Waals surface area contributed by atoms with Gasteiger partial charge in [-0.1, -0.05) is 56.5 Å². The number of nitrogens with zero attached hydrogens (tertiary/aromatic N) is 2. The van der Waals surface area contributed by atoms with Crippen LogP contribution in [0.15, 0.2) is 54.6 Å². The van der Waals surface area contributed by atoms with E-state index in [1.165, 1.54) is 19.3 Å². The molecule has 1 aromatic heterocycles. The van der Waals surface area contributed by atoms with Crippen molar-refractivity contribution >= 4 is 28.7 Å². The molecule has 0 spiro atoms. The van der Waals surface area contributed by atoms with E-state index in [0.717, 1.165) is 42.0 Å². The normalized spacial score (nSPS) is 12.2. The Balaban J connectivity index is 1.90. The first kappa shape index (κ1) is 21.4. The fraction of sp³-hybridized carbons (Fsp3) is 0.417. The second-order valence-electron chi connectivity index (χ2n) is 7.34. The summed E-state index contributed by atoms with van der Waals surface area (Å²) in [6, 6.07) is 17.6. The zero-order chi connectivity index (χ0) is 20.5. The SMILES string of the molecule is CCCCCCn1c([C@@H](CCSC)NC(=O)c2ccccc2)nc2ccccc21. The van der Waals surface area contributed by atoms with Crippen molar-refractivity contribution in [2.45, 2.75) is 51.6 Å². The van der Waals surface area contributed by atoms with Crippen LogP contribution in [0.25, 0.3) is 11.0 Å². The minimum atomic E-state index is -0.103. The average molecular weight is 410 g/mol. The Hall–Kier alpha value is -2.27. The Bertz CT molecular complexity index is 907. The van der Waals surface area contributed by atoms with E-state index in [9.17, 15) is 4.79 Å². The molecule has 4 nitrogen and oxygen atoms in total. The highest BCUT2D eigenvalue weighted by atomic mass is 32.2. The third kappa shape index (κ3) is 5.63. The number of rotatable bonds is 11. The van der Waals surface area contributed by atoms with Gasteiger partial charge in [0.15, 0.2) is 0 Å². The lowest BCUT2D eigenvalue weighted by Gasteiger charge is -2.20. The van der Waals surface area contributed by atoms with Crippen LogP contribution in [0.1, 0.15) is 61.3 Å². The van der Waals surface area contributed by atoms with Crippen molar-refractivity contribution in [1.29, 1.82) is 0 Å². The predicted octanol–water partition coefficient (Wildman–Crippen LogP) is 5.84. The summed E-state index contributed by atoms with van der Waals surface area (Å²) >= 11 is 1.80. The van der Waals surface area contributed by atoms with Crippen LogP contribution in [0.4, 0.5) is 0 Å². The third-order valence-corrected chi connectivity index (χ3v) is 5.83. The van der Waals surface area contributed by atoms with Crippen molar-refractivity contribution < 1.29 is 4.79 Å². The number of aromatic nitrogens is 2. The smallest absolute Gasteiger partial charge is 0.251 e. The summed E-state index contributed by atoms with van der Waals surface area (Å²) in [7, 11) is 0. The largest absolute Gasteiger partial charge is 0.342 e. The molecule has 0 fully saturated rings. The van der Waals surface area contributed by atoms with Gasteiger partial charge in [0.05, 0.1) is 17.1 Å². The fourth-order valence-corrected chi connectivity index (χ4v) is 4.10. The van der Waals surface area contributed by atoms with Crippen molar-refractivity contribution in [3.63, 3.8) is 0 Å². The van der Waals surface area contributed by atoms with E-state index in [2.05, 4.69) is 41.3 Å². The maximum atomic E-state index is 12.9. The van der Waals surface area contributed by atoms with E-state index in [1.807, 2.05) is 36.4 Å². The summed E-state index contributed by atoms with van der Waals surface area (Å²) < 4.78 is 2.32. The molecule has 5 heteroatoms. The van der Waals surface area contributed by atoms with Gasteiger partial charge in [-0.2, -0.15) is 11.8 Å². The van der Waals surface area contributed by atoms with Gasteiger partial charge < -0.3 is 9.88 Å². The minimum Gasteiger partial charge on any atom is -0.342 e. The van der Waals surface area contributed by atoms with Crippen LogP contribution in [0.5, 0.6) is 0 Å². The number of hydrogen-bond donors (Lipinski definition) is 1. The van der Waals surface area contributed by atoms with Gasteiger partial charge in [0, 0.05) is 12.1 Å². The number of carbonyl (C=O) groups excluding carboxylic acids is 1. The number of unbranched alkanes of at least 4 members (excludes halogenated alkanes) is 3. The van der Waals surface area contributed by atoms with Gasteiger partial charge in [-0.05, 0) is 49.1 Å². The first-order chi connectivity index (χ1) is 14.2. The van der Waals surface area contributed by atoms with Crippen molar-refractivity contribution in [3.05, 3.63) is 66.0 Å². The molecule has 0 unspecified atom stereocenters. The number of nitrogens with one attached hydrogen (secondary N) is 1. The molecule has 0 aliphatic carbocycles. The molecule has 1 amide bonds. The Kier molecular flexibility index (Phi) is 8.17. The molecular formula is C24H31N3OS. The van der Waals surface area contributed by atoms with Gasteiger partial charge in [0.25, 0.3) is 5.91 Å². The van der Waals surface area contributed by atoms with Crippen LogP contribution in [-0.4, -0.2) is 27.5 Å². The van der Waals surface area contributed by atoms with Gasteiger partial charge >= 0.3 is 0 Å². The molecule has 0 aliphatic rings. The number of amides is 1. The predicted molar refractivity (Wildman–Crippen MR) is 124 cm³/mol. The number of benzene rings is 2.